The maximum absolute atomic E-state index is 15.1. The number of hydrogen-bond acceptors (Lipinski definition) is 6. The Morgan fingerprint density at radius 2 is 1.32 bits per heavy atom. The average Bonchev–Trinajstić information content (AvgIpc) is 3.66. The summed E-state index contributed by atoms with van der Waals surface area (Å²) in [7, 11) is 0. The molecule has 17 heteroatoms. The monoisotopic (exact) mass is 880 g/mol. The zero-order chi connectivity index (χ0) is 44.8. The summed E-state index contributed by atoms with van der Waals surface area (Å²) in [6, 6.07) is 9.92. The lowest BCUT2D eigenvalue weighted by atomic mass is 9.86. The fourth-order valence-corrected chi connectivity index (χ4v) is 10.0. The van der Waals surface area contributed by atoms with E-state index < -0.39 is 41.2 Å². The molecule has 6 heterocycles. The van der Waals surface area contributed by atoms with Crippen LogP contribution in [0.5, 0.6) is 0 Å². The van der Waals surface area contributed by atoms with Crippen molar-refractivity contribution in [3.8, 4) is 5.69 Å². The van der Waals surface area contributed by atoms with E-state index in [-0.39, 0.29) is 86.3 Å². The second-order valence-electron chi connectivity index (χ2n) is 17.6. The molecule has 3 amide bonds. The number of nitrogens with zero attached hydrogens (tertiary/aromatic N) is 7. The molecule has 0 radical (unpaired) electrons. The van der Waals surface area contributed by atoms with Crippen LogP contribution >= 0.6 is 0 Å². The number of carbonyl (C=O) groups excluding carboxylic acids is 3. The molecule has 11 nitrogen and oxygen atoms in total. The Morgan fingerprint density at radius 1 is 0.714 bits per heavy atom. The molecule has 4 aromatic rings. The number of H-pyrrole nitrogens is 1. The van der Waals surface area contributed by atoms with Crippen LogP contribution in [-0.4, -0.2) is 103 Å². The fraction of sp³-hybridized carbons (Fsp3) is 0.543. The lowest BCUT2D eigenvalue weighted by Gasteiger charge is -2.33. The van der Waals surface area contributed by atoms with Gasteiger partial charge in [0.05, 0.1) is 22.5 Å². The summed E-state index contributed by atoms with van der Waals surface area (Å²) < 4.78 is 88.3. The topological polar surface area (TPSA) is 111 Å². The van der Waals surface area contributed by atoms with Gasteiger partial charge >= 0.3 is 12.4 Å². The number of rotatable bonds is 7. The molecule has 2 aromatic carbocycles. The van der Waals surface area contributed by atoms with Gasteiger partial charge in [-0.2, -0.15) is 36.5 Å². The number of likely N-dealkylation sites (tertiary alicyclic amines) is 2. The standard InChI is InChI=1S/C46H54F6N8O3/c1-4-40(61)59-20-8-12-39-35(27-59)42(44(63)57-23-15-29(16-24-57)32-9-5-6-10-36(32)45(47,48)49)55-60(39)31-13-14-33(37(25-31)46(50,51)52)30-17-21-56(22-18-30)43(62)41-34-26-58(28(2)3)19-7-11-38(34)53-54-41/h5-6,9-10,13-14,25,28-30H,4,7-8,11-12,15-24,26-27H2,1-3H3,(H,53,54). The third-order valence-electron chi connectivity index (χ3n) is 13.6. The quantitative estimate of drug-likeness (QED) is 0.187. The van der Waals surface area contributed by atoms with Crippen molar-refractivity contribution in [1.29, 1.82) is 0 Å². The lowest BCUT2D eigenvalue weighted by molar-refractivity contribution is -0.139. The van der Waals surface area contributed by atoms with Crippen LogP contribution in [0.1, 0.15) is 143 Å². The van der Waals surface area contributed by atoms with Gasteiger partial charge in [-0.3, -0.25) is 24.4 Å². The Hall–Kier alpha value is -5.19. The number of aromatic amines is 1. The Balaban J connectivity index is 1.05. The first-order valence-electron chi connectivity index (χ1n) is 22.2. The fourth-order valence-electron chi connectivity index (χ4n) is 10.0. The molecule has 1 N–H and O–H groups in total. The molecule has 0 saturated carbocycles. The largest absolute Gasteiger partial charge is 0.416 e. The van der Waals surface area contributed by atoms with Crippen LogP contribution in [0.25, 0.3) is 5.69 Å². The summed E-state index contributed by atoms with van der Waals surface area (Å²) in [5.41, 5.74) is 2.19. The van der Waals surface area contributed by atoms with Crippen LogP contribution in [0.15, 0.2) is 42.5 Å². The van der Waals surface area contributed by atoms with E-state index in [9.17, 15) is 27.6 Å². The van der Waals surface area contributed by atoms with E-state index in [1.54, 1.807) is 33.8 Å². The molecule has 338 valence electrons. The van der Waals surface area contributed by atoms with Crippen LogP contribution in [0, 0.1) is 0 Å². The van der Waals surface area contributed by atoms with Gasteiger partial charge in [0.25, 0.3) is 11.8 Å². The van der Waals surface area contributed by atoms with Crippen LogP contribution in [-0.2, 0) is 43.1 Å². The van der Waals surface area contributed by atoms with Crippen LogP contribution in [0.2, 0.25) is 0 Å². The van der Waals surface area contributed by atoms with Crippen molar-refractivity contribution >= 4 is 17.7 Å². The molecule has 2 saturated heterocycles. The minimum absolute atomic E-state index is 0.0235. The molecular weight excluding hydrogens is 827 g/mol. The summed E-state index contributed by atoms with van der Waals surface area (Å²) in [5, 5.41) is 12.2. The zero-order valence-electron chi connectivity index (χ0n) is 35.9. The van der Waals surface area contributed by atoms with Gasteiger partial charge in [0.1, 0.15) is 0 Å². The van der Waals surface area contributed by atoms with Gasteiger partial charge in [-0.25, -0.2) is 4.68 Å². The number of aromatic nitrogens is 4. The van der Waals surface area contributed by atoms with Crippen molar-refractivity contribution in [1.82, 2.24) is 39.6 Å². The molecule has 63 heavy (non-hydrogen) atoms. The smallest absolute Gasteiger partial charge is 0.338 e. The van der Waals surface area contributed by atoms with Crippen molar-refractivity contribution < 1.29 is 40.7 Å². The summed E-state index contributed by atoms with van der Waals surface area (Å²) in [6.45, 7) is 8.80. The first kappa shape index (κ1) is 44.4. The summed E-state index contributed by atoms with van der Waals surface area (Å²) >= 11 is 0. The maximum atomic E-state index is 15.1. The number of carbonyl (C=O) groups is 3. The SMILES string of the molecule is CCC(=O)N1CCCc2c(c(C(=O)N3CCC(c4ccccc4C(F)(F)F)CC3)nn2-c2ccc(C3CCN(C(=O)c4n[nH]c5c4CN(C(C)C)CCC5)CC3)c(C(F)(F)F)c2)C1. The summed E-state index contributed by atoms with van der Waals surface area (Å²) in [4.78, 5) is 48.4. The predicted octanol–water partition coefficient (Wildman–Crippen LogP) is 8.51. The van der Waals surface area contributed by atoms with Gasteiger partial charge in [-0.15, -0.1) is 0 Å². The van der Waals surface area contributed by atoms with Crippen molar-refractivity contribution in [2.75, 3.05) is 39.3 Å². The van der Waals surface area contributed by atoms with Crippen molar-refractivity contribution in [2.24, 2.45) is 0 Å². The molecule has 0 unspecified atom stereocenters. The van der Waals surface area contributed by atoms with Gasteiger partial charge in [-0.1, -0.05) is 31.2 Å². The Bertz CT molecular complexity index is 2340. The van der Waals surface area contributed by atoms with Crippen LogP contribution in [0.4, 0.5) is 26.3 Å². The second kappa shape index (κ2) is 17.8. The van der Waals surface area contributed by atoms with Crippen LogP contribution < -0.4 is 0 Å². The van der Waals surface area contributed by atoms with E-state index in [0.717, 1.165) is 42.8 Å². The highest BCUT2D eigenvalue weighted by Gasteiger charge is 2.40. The summed E-state index contributed by atoms with van der Waals surface area (Å²) in [6.07, 6.45) is -5.20. The molecule has 0 atom stereocenters. The molecule has 8 rings (SSSR count). The van der Waals surface area contributed by atoms with Gasteiger partial charge in [0.15, 0.2) is 11.4 Å². The number of halogens is 6. The number of piperidine rings is 2. The lowest BCUT2D eigenvalue weighted by Crippen LogP contribution is -2.39. The molecule has 4 aliphatic rings. The van der Waals surface area contributed by atoms with E-state index in [0.29, 0.717) is 61.8 Å². The number of alkyl halides is 6. The number of benzene rings is 2. The van der Waals surface area contributed by atoms with Crippen molar-refractivity contribution in [3.05, 3.63) is 98.6 Å². The Morgan fingerprint density at radius 3 is 1.94 bits per heavy atom. The number of hydrogen-bond donors (Lipinski definition) is 1. The number of amides is 3. The highest BCUT2D eigenvalue weighted by atomic mass is 19.4. The summed E-state index contributed by atoms with van der Waals surface area (Å²) in [5.74, 6) is -1.72. The van der Waals surface area contributed by atoms with E-state index in [2.05, 4.69) is 28.9 Å². The first-order valence-corrected chi connectivity index (χ1v) is 22.2. The third-order valence-corrected chi connectivity index (χ3v) is 13.6. The van der Waals surface area contributed by atoms with E-state index in [4.69, 9.17) is 5.10 Å². The molecule has 0 aliphatic carbocycles. The van der Waals surface area contributed by atoms with Gasteiger partial charge in [-0.05, 0) is 113 Å². The highest BCUT2D eigenvalue weighted by Crippen LogP contribution is 2.42. The molecule has 0 spiro atoms. The van der Waals surface area contributed by atoms with Crippen LogP contribution in [0.3, 0.4) is 0 Å². The van der Waals surface area contributed by atoms with E-state index >= 15 is 13.2 Å². The maximum Gasteiger partial charge on any atom is 0.416 e. The molecule has 2 aromatic heterocycles. The molecule has 4 aliphatic heterocycles. The Labute approximate surface area is 362 Å². The molecular formula is C46H54F6N8O3. The number of aryl methyl sites for hydroxylation is 1. The molecule has 2 fully saturated rings. The number of nitrogens with one attached hydrogen (secondary N) is 1. The second-order valence-corrected chi connectivity index (χ2v) is 17.6. The van der Waals surface area contributed by atoms with Gasteiger partial charge < -0.3 is 14.7 Å². The highest BCUT2D eigenvalue weighted by molar-refractivity contribution is 5.95. The minimum atomic E-state index is -4.73. The third kappa shape index (κ3) is 8.99. The average molecular weight is 881 g/mol. The van der Waals surface area contributed by atoms with Gasteiger partial charge in [0, 0.05) is 75.1 Å². The first-order chi connectivity index (χ1) is 30.0. The van der Waals surface area contributed by atoms with Crippen molar-refractivity contribution in [2.45, 2.75) is 122 Å². The Kier molecular flexibility index (Phi) is 12.5. The molecule has 0 bridgehead atoms. The predicted molar refractivity (Wildman–Crippen MR) is 222 cm³/mol. The number of fused-ring (bicyclic) bond motifs is 2. The van der Waals surface area contributed by atoms with Gasteiger partial charge in [0.2, 0.25) is 5.91 Å². The zero-order valence-corrected chi connectivity index (χ0v) is 35.9. The van der Waals surface area contributed by atoms with Crippen molar-refractivity contribution in [3.63, 3.8) is 0 Å². The normalized spacial score (nSPS) is 18.6. The van der Waals surface area contributed by atoms with E-state index in [1.165, 1.54) is 22.9 Å². The minimum Gasteiger partial charge on any atom is -0.338 e. The van der Waals surface area contributed by atoms with E-state index in [1.807, 2.05) is 0 Å².